The quantitative estimate of drug-likeness (QED) is 0.593. The Balaban J connectivity index is 1.60. The van der Waals surface area contributed by atoms with Crippen molar-refractivity contribution >= 4 is 37.6 Å². The predicted octanol–water partition coefficient (Wildman–Crippen LogP) is 4.56. The van der Waals surface area contributed by atoms with E-state index in [1.165, 1.54) is 22.5 Å². The monoisotopic (exact) mass is 560 g/mol. The molecule has 1 aliphatic heterocycles. The molecular weight excluding hydrogens is 537 g/mol. The number of piperazine rings is 1. The highest BCUT2D eigenvalue weighted by atomic mass is 79.9. The predicted molar refractivity (Wildman–Crippen MR) is 124 cm³/mol. The van der Waals surface area contributed by atoms with E-state index in [0.717, 1.165) is 11.6 Å². The number of sulfonamides is 1. The molecule has 11 heteroatoms. The SMILES string of the molecule is C[C@@H]1CN(c2ccc(C(F)(F)F)c(Br)c2)C[C@H](C)N1S(=O)(=O)c1cccc2c1CC(C(=O)O)C2. The minimum absolute atomic E-state index is 0.0688. The van der Waals surface area contributed by atoms with Crippen molar-refractivity contribution < 1.29 is 31.5 Å². The molecule has 4 rings (SSSR count). The lowest BCUT2D eigenvalue weighted by molar-refractivity contribution is -0.141. The number of alkyl halides is 3. The van der Waals surface area contributed by atoms with Crippen LogP contribution in [0, 0.1) is 5.92 Å². The number of carbonyl (C=O) groups is 1. The molecule has 1 aliphatic carbocycles. The first-order chi connectivity index (χ1) is 15.8. The van der Waals surface area contributed by atoms with Gasteiger partial charge in [-0.05, 0) is 62.1 Å². The van der Waals surface area contributed by atoms with Gasteiger partial charge in [0.2, 0.25) is 10.0 Å². The molecule has 0 radical (unpaired) electrons. The second-order valence-corrected chi connectivity index (χ2v) is 11.6. The van der Waals surface area contributed by atoms with Gasteiger partial charge in [-0.1, -0.05) is 28.1 Å². The van der Waals surface area contributed by atoms with E-state index in [2.05, 4.69) is 15.9 Å². The summed E-state index contributed by atoms with van der Waals surface area (Å²) in [4.78, 5) is 13.5. The Kier molecular flexibility index (Phi) is 6.50. The summed E-state index contributed by atoms with van der Waals surface area (Å²) in [5.74, 6) is -1.59. The van der Waals surface area contributed by atoms with E-state index >= 15 is 0 Å². The van der Waals surface area contributed by atoms with Gasteiger partial charge >= 0.3 is 12.1 Å². The summed E-state index contributed by atoms with van der Waals surface area (Å²) in [6.07, 6.45) is -4.00. The van der Waals surface area contributed by atoms with Gasteiger partial charge in [0, 0.05) is 35.3 Å². The molecule has 1 heterocycles. The number of hydrogen-bond acceptors (Lipinski definition) is 4. The summed E-state index contributed by atoms with van der Waals surface area (Å²) in [5, 5.41) is 9.40. The van der Waals surface area contributed by atoms with Crippen molar-refractivity contribution in [1.29, 1.82) is 0 Å². The van der Waals surface area contributed by atoms with Crippen LogP contribution in [0.2, 0.25) is 0 Å². The summed E-state index contributed by atoms with van der Waals surface area (Å²) >= 11 is 3.00. The number of carboxylic acids is 1. The molecule has 34 heavy (non-hydrogen) atoms. The molecule has 184 valence electrons. The second-order valence-electron chi connectivity index (χ2n) is 8.94. The van der Waals surface area contributed by atoms with Crippen molar-refractivity contribution in [2.45, 2.75) is 49.8 Å². The van der Waals surface area contributed by atoms with Crippen LogP contribution in [0.25, 0.3) is 0 Å². The lowest BCUT2D eigenvalue weighted by Crippen LogP contribution is -2.58. The van der Waals surface area contributed by atoms with Crippen LogP contribution in [0.3, 0.4) is 0 Å². The van der Waals surface area contributed by atoms with Crippen LogP contribution in [0.4, 0.5) is 18.9 Å². The molecule has 2 aromatic rings. The standard InChI is InChI=1S/C23H24BrF3N2O4S/c1-13-11-28(17-6-7-19(20(24)10-17)23(25,26)27)12-14(2)29(13)34(32,33)21-5-3-4-15-8-16(22(30)31)9-18(15)21/h3-7,10,13-14,16H,8-9,11-12H2,1-2H3,(H,30,31)/t13-,14+,16?. The first-order valence-electron chi connectivity index (χ1n) is 10.8. The molecule has 1 N–H and O–H groups in total. The smallest absolute Gasteiger partial charge is 0.417 e. The Morgan fingerprint density at radius 1 is 1.09 bits per heavy atom. The van der Waals surface area contributed by atoms with Gasteiger partial charge in [0.25, 0.3) is 0 Å². The summed E-state index contributed by atoms with van der Waals surface area (Å²) in [6, 6.07) is 7.84. The molecule has 0 spiro atoms. The van der Waals surface area contributed by atoms with Crippen molar-refractivity contribution in [2.24, 2.45) is 5.92 Å². The van der Waals surface area contributed by atoms with Crippen LogP contribution in [0.1, 0.15) is 30.5 Å². The number of fused-ring (bicyclic) bond motifs is 1. The van der Waals surface area contributed by atoms with Crippen LogP contribution in [0.15, 0.2) is 45.8 Å². The van der Waals surface area contributed by atoms with E-state index < -0.39 is 45.7 Å². The fourth-order valence-corrected chi connectivity index (χ4v) is 7.75. The van der Waals surface area contributed by atoms with Gasteiger partial charge in [0.15, 0.2) is 0 Å². The van der Waals surface area contributed by atoms with E-state index in [1.54, 1.807) is 26.0 Å². The van der Waals surface area contributed by atoms with E-state index in [9.17, 15) is 31.5 Å². The molecule has 6 nitrogen and oxygen atoms in total. The van der Waals surface area contributed by atoms with Gasteiger partial charge in [-0.3, -0.25) is 4.79 Å². The Morgan fingerprint density at radius 2 is 1.74 bits per heavy atom. The van der Waals surface area contributed by atoms with Crippen LogP contribution in [-0.4, -0.2) is 49.0 Å². The number of aliphatic carboxylic acids is 1. The zero-order valence-corrected chi connectivity index (χ0v) is 20.9. The minimum atomic E-state index is -4.47. The maximum atomic E-state index is 13.7. The molecule has 3 atom stereocenters. The Morgan fingerprint density at radius 3 is 2.29 bits per heavy atom. The van der Waals surface area contributed by atoms with Gasteiger partial charge in [0.05, 0.1) is 16.4 Å². The van der Waals surface area contributed by atoms with Crippen molar-refractivity contribution in [2.75, 3.05) is 18.0 Å². The zero-order valence-electron chi connectivity index (χ0n) is 18.5. The summed E-state index contributed by atoms with van der Waals surface area (Å²) < 4.78 is 68.1. The first-order valence-corrected chi connectivity index (χ1v) is 13.0. The van der Waals surface area contributed by atoms with Crippen molar-refractivity contribution in [1.82, 2.24) is 4.31 Å². The summed E-state index contributed by atoms with van der Waals surface area (Å²) in [6.45, 7) is 4.13. The fourth-order valence-electron chi connectivity index (χ4n) is 5.07. The molecule has 0 amide bonds. The normalized spacial score (nSPS) is 23.7. The van der Waals surface area contributed by atoms with Gasteiger partial charge in [-0.15, -0.1) is 0 Å². The van der Waals surface area contributed by atoms with Gasteiger partial charge < -0.3 is 10.0 Å². The van der Waals surface area contributed by atoms with Crippen LogP contribution in [-0.2, 0) is 33.8 Å². The number of halogens is 4. The summed E-state index contributed by atoms with van der Waals surface area (Å²) in [5.41, 5.74) is 1.10. The van der Waals surface area contributed by atoms with Gasteiger partial charge in [0.1, 0.15) is 0 Å². The van der Waals surface area contributed by atoms with Crippen LogP contribution in [0.5, 0.6) is 0 Å². The Bertz CT molecular complexity index is 1220. The van der Waals surface area contributed by atoms with Crippen molar-refractivity contribution in [3.05, 3.63) is 57.6 Å². The maximum absolute atomic E-state index is 13.7. The number of nitrogens with zero attached hydrogens (tertiary/aromatic N) is 2. The lowest BCUT2D eigenvalue weighted by Gasteiger charge is -2.44. The topological polar surface area (TPSA) is 77.9 Å². The molecule has 1 fully saturated rings. The summed E-state index contributed by atoms with van der Waals surface area (Å²) in [7, 11) is -3.92. The number of carboxylic acid groups (broad SMARTS) is 1. The number of hydrogen-bond donors (Lipinski definition) is 1. The van der Waals surface area contributed by atoms with Crippen LogP contribution >= 0.6 is 15.9 Å². The third-order valence-corrected chi connectivity index (χ3v) is 9.38. The molecule has 2 aromatic carbocycles. The molecule has 0 aromatic heterocycles. The molecule has 1 saturated heterocycles. The zero-order chi connectivity index (χ0) is 25.0. The molecule has 1 unspecified atom stereocenters. The van der Waals surface area contributed by atoms with Crippen molar-refractivity contribution in [3.63, 3.8) is 0 Å². The average molecular weight is 561 g/mol. The molecular formula is C23H24BrF3N2O4S. The second kappa shape index (κ2) is 8.83. The van der Waals surface area contributed by atoms with E-state index in [-0.39, 0.29) is 15.8 Å². The van der Waals surface area contributed by atoms with Gasteiger partial charge in [-0.25, -0.2) is 8.42 Å². The highest BCUT2D eigenvalue weighted by Crippen LogP contribution is 2.39. The fraction of sp³-hybridized carbons (Fsp3) is 0.435. The van der Waals surface area contributed by atoms with E-state index in [1.807, 2.05) is 4.90 Å². The number of rotatable bonds is 4. The molecule has 2 aliphatic rings. The number of anilines is 1. The Labute approximate surface area is 204 Å². The van der Waals surface area contributed by atoms with E-state index in [4.69, 9.17) is 0 Å². The van der Waals surface area contributed by atoms with E-state index in [0.29, 0.717) is 30.8 Å². The maximum Gasteiger partial charge on any atom is 0.417 e. The average Bonchev–Trinajstić information content (AvgIpc) is 3.16. The third-order valence-electron chi connectivity index (χ3n) is 6.51. The largest absolute Gasteiger partial charge is 0.481 e. The molecule has 0 saturated carbocycles. The van der Waals surface area contributed by atoms with Gasteiger partial charge in [-0.2, -0.15) is 17.5 Å². The first kappa shape index (κ1) is 25.0. The van der Waals surface area contributed by atoms with Crippen LogP contribution < -0.4 is 4.90 Å². The highest BCUT2D eigenvalue weighted by molar-refractivity contribution is 9.10. The Hall–Kier alpha value is -2.11. The third kappa shape index (κ3) is 4.45. The molecule has 0 bridgehead atoms. The van der Waals surface area contributed by atoms with Crippen molar-refractivity contribution in [3.8, 4) is 0 Å². The lowest BCUT2D eigenvalue weighted by atomic mass is 10.1. The minimum Gasteiger partial charge on any atom is -0.481 e. The highest BCUT2D eigenvalue weighted by Gasteiger charge is 2.41. The number of benzene rings is 2.